The van der Waals surface area contributed by atoms with Gasteiger partial charge in [0.2, 0.25) is 5.91 Å². The van der Waals surface area contributed by atoms with Crippen LogP contribution in [-0.2, 0) is 20.7 Å². The zero-order chi connectivity index (χ0) is 19.2. The van der Waals surface area contributed by atoms with Gasteiger partial charge in [0.1, 0.15) is 11.4 Å². The average molecular weight is 404 g/mol. The lowest BCUT2D eigenvalue weighted by Crippen LogP contribution is -2.44. The molecule has 0 radical (unpaired) electrons. The number of rotatable bonds is 6. The Bertz CT molecular complexity index is 799. The predicted molar refractivity (Wildman–Crippen MR) is 109 cm³/mol. The molecule has 1 aliphatic heterocycles. The van der Waals surface area contributed by atoms with Gasteiger partial charge in [-0.15, -0.1) is 11.8 Å². The number of amides is 1. The molecule has 2 aromatic carbocycles. The van der Waals surface area contributed by atoms with Crippen molar-refractivity contribution in [2.75, 3.05) is 12.4 Å². The normalized spacial score (nSPS) is 19.1. The molecular formula is C21H22ClNO3S. The molecule has 2 unspecified atom stereocenters. The van der Waals surface area contributed by atoms with E-state index in [-0.39, 0.29) is 17.3 Å². The van der Waals surface area contributed by atoms with E-state index >= 15 is 0 Å². The summed E-state index contributed by atoms with van der Waals surface area (Å²) < 4.78 is 5.20. The maximum absolute atomic E-state index is 13.1. The molecule has 1 amide bonds. The lowest BCUT2D eigenvalue weighted by Gasteiger charge is -2.29. The first-order valence-corrected chi connectivity index (χ1v) is 10.4. The van der Waals surface area contributed by atoms with E-state index in [1.54, 1.807) is 23.6 Å². The smallest absolute Gasteiger partial charge is 0.329 e. The number of esters is 1. The minimum atomic E-state index is -0.584. The maximum Gasteiger partial charge on any atom is 0.329 e. The summed E-state index contributed by atoms with van der Waals surface area (Å²) in [7, 11) is 0. The van der Waals surface area contributed by atoms with E-state index in [0.29, 0.717) is 30.2 Å². The second-order valence-corrected chi connectivity index (χ2v) is 7.78. The molecule has 0 spiro atoms. The van der Waals surface area contributed by atoms with Gasteiger partial charge in [-0.2, -0.15) is 0 Å². The predicted octanol–water partition coefficient (Wildman–Crippen LogP) is 4.48. The van der Waals surface area contributed by atoms with Gasteiger partial charge in [-0.3, -0.25) is 4.79 Å². The SMILES string of the molecule is CCOC(=O)C1CSC(c2ccccc2Cl)N1C(=O)CCc1ccccc1. The van der Waals surface area contributed by atoms with Crippen molar-refractivity contribution in [3.63, 3.8) is 0 Å². The molecule has 1 saturated heterocycles. The molecule has 0 aromatic heterocycles. The van der Waals surface area contributed by atoms with Gasteiger partial charge in [0.05, 0.1) is 6.61 Å². The summed E-state index contributed by atoms with van der Waals surface area (Å²) in [6, 6.07) is 16.8. The van der Waals surface area contributed by atoms with Crippen LogP contribution in [0.15, 0.2) is 54.6 Å². The van der Waals surface area contributed by atoms with Crippen LogP contribution in [-0.4, -0.2) is 35.2 Å². The zero-order valence-electron chi connectivity index (χ0n) is 15.1. The largest absolute Gasteiger partial charge is 0.464 e. The maximum atomic E-state index is 13.1. The Balaban J connectivity index is 1.82. The first-order chi connectivity index (χ1) is 13.1. The molecule has 2 atom stereocenters. The topological polar surface area (TPSA) is 46.6 Å². The van der Waals surface area contributed by atoms with E-state index in [1.165, 1.54) is 0 Å². The third kappa shape index (κ3) is 4.66. The number of hydrogen-bond donors (Lipinski definition) is 0. The number of thioether (sulfide) groups is 1. The van der Waals surface area contributed by atoms with E-state index in [0.717, 1.165) is 11.1 Å². The number of hydrogen-bond acceptors (Lipinski definition) is 4. The summed E-state index contributed by atoms with van der Waals surface area (Å²) >= 11 is 7.92. The lowest BCUT2D eigenvalue weighted by atomic mass is 10.1. The van der Waals surface area contributed by atoms with Crippen molar-refractivity contribution in [1.82, 2.24) is 4.90 Å². The van der Waals surface area contributed by atoms with Crippen LogP contribution in [0.4, 0.5) is 0 Å². The minimum Gasteiger partial charge on any atom is -0.464 e. The molecule has 2 aromatic rings. The van der Waals surface area contributed by atoms with Crippen LogP contribution in [0.3, 0.4) is 0 Å². The van der Waals surface area contributed by atoms with Crippen molar-refractivity contribution >= 4 is 35.2 Å². The number of nitrogens with zero attached hydrogens (tertiary/aromatic N) is 1. The molecule has 6 heteroatoms. The third-order valence-corrected chi connectivity index (χ3v) is 6.14. The molecule has 3 rings (SSSR count). The van der Waals surface area contributed by atoms with Gasteiger partial charge in [0.15, 0.2) is 0 Å². The summed E-state index contributed by atoms with van der Waals surface area (Å²) in [6.07, 6.45) is 0.965. The van der Waals surface area contributed by atoms with Crippen LogP contribution in [0.25, 0.3) is 0 Å². The van der Waals surface area contributed by atoms with Crippen molar-refractivity contribution in [2.24, 2.45) is 0 Å². The quantitative estimate of drug-likeness (QED) is 0.667. The van der Waals surface area contributed by atoms with Crippen molar-refractivity contribution in [3.05, 3.63) is 70.7 Å². The van der Waals surface area contributed by atoms with Crippen LogP contribution >= 0.6 is 23.4 Å². The summed E-state index contributed by atoms with van der Waals surface area (Å²) in [4.78, 5) is 27.2. The number of carbonyl (C=O) groups excluding carboxylic acids is 2. The van der Waals surface area contributed by atoms with Crippen molar-refractivity contribution in [3.8, 4) is 0 Å². The second-order valence-electron chi connectivity index (χ2n) is 6.26. The Kier molecular flexibility index (Phi) is 6.80. The average Bonchev–Trinajstić information content (AvgIpc) is 3.12. The summed E-state index contributed by atoms with van der Waals surface area (Å²) in [6.45, 7) is 2.07. The highest BCUT2D eigenvalue weighted by molar-refractivity contribution is 7.99. The van der Waals surface area contributed by atoms with Crippen LogP contribution < -0.4 is 0 Å². The minimum absolute atomic E-state index is 0.0631. The Morgan fingerprint density at radius 3 is 2.56 bits per heavy atom. The monoisotopic (exact) mass is 403 g/mol. The molecule has 1 fully saturated rings. The van der Waals surface area contributed by atoms with Crippen molar-refractivity contribution < 1.29 is 14.3 Å². The van der Waals surface area contributed by atoms with Gasteiger partial charge in [0, 0.05) is 22.8 Å². The highest BCUT2D eigenvalue weighted by Crippen LogP contribution is 2.44. The van der Waals surface area contributed by atoms with E-state index < -0.39 is 6.04 Å². The molecule has 1 aliphatic rings. The van der Waals surface area contributed by atoms with Crippen LogP contribution in [0.2, 0.25) is 5.02 Å². The molecule has 0 N–H and O–H groups in total. The molecule has 4 nitrogen and oxygen atoms in total. The summed E-state index contributed by atoms with van der Waals surface area (Å²) in [5.74, 6) is 0.0886. The van der Waals surface area contributed by atoms with Crippen molar-refractivity contribution in [1.29, 1.82) is 0 Å². The molecule has 27 heavy (non-hydrogen) atoms. The second kappa shape index (κ2) is 9.29. The number of aryl methyl sites for hydroxylation is 1. The van der Waals surface area contributed by atoms with Gasteiger partial charge >= 0.3 is 5.97 Å². The van der Waals surface area contributed by atoms with Gasteiger partial charge in [-0.05, 0) is 25.0 Å². The number of carbonyl (C=O) groups is 2. The molecule has 0 bridgehead atoms. The van der Waals surface area contributed by atoms with Crippen LogP contribution in [0.5, 0.6) is 0 Å². The summed E-state index contributed by atoms with van der Waals surface area (Å²) in [5, 5.41) is 0.316. The number of halogens is 1. The van der Waals surface area contributed by atoms with Gasteiger partial charge in [0.25, 0.3) is 0 Å². The Hall–Kier alpha value is -1.98. The van der Waals surface area contributed by atoms with E-state index in [1.807, 2.05) is 54.6 Å². The van der Waals surface area contributed by atoms with E-state index in [2.05, 4.69) is 0 Å². The molecule has 1 heterocycles. The number of benzene rings is 2. The highest BCUT2D eigenvalue weighted by Gasteiger charge is 2.43. The first-order valence-electron chi connectivity index (χ1n) is 8.99. The Labute approximate surface area is 168 Å². The third-order valence-electron chi connectivity index (χ3n) is 4.49. The van der Waals surface area contributed by atoms with Gasteiger partial charge in [-0.25, -0.2) is 4.79 Å². The molecular weight excluding hydrogens is 382 g/mol. The lowest BCUT2D eigenvalue weighted by molar-refractivity contribution is -0.153. The number of ether oxygens (including phenoxy) is 1. The Morgan fingerprint density at radius 1 is 1.15 bits per heavy atom. The van der Waals surface area contributed by atoms with E-state index in [4.69, 9.17) is 16.3 Å². The van der Waals surface area contributed by atoms with Crippen LogP contribution in [0, 0.1) is 0 Å². The van der Waals surface area contributed by atoms with Gasteiger partial charge < -0.3 is 9.64 Å². The highest BCUT2D eigenvalue weighted by atomic mass is 35.5. The molecule has 0 aliphatic carbocycles. The molecule has 0 saturated carbocycles. The fourth-order valence-corrected chi connectivity index (χ4v) is 4.95. The molecule has 142 valence electrons. The van der Waals surface area contributed by atoms with Gasteiger partial charge in [-0.1, -0.05) is 60.1 Å². The van der Waals surface area contributed by atoms with Crippen molar-refractivity contribution in [2.45, 2.75) is 31.2 Å². The summed E-state index contributed by atoms with van der Waals surface area (Å²) in [5.41, 5.74) is 1.95. The Morgan fingerprint density at radius 2 is 1.85 bits per heavy atom. The van der Waals surface area contributed by atoms with Crippen LogP contribution in [0.1, 0.15) is 29.8 Å². The first kappa shape index (κ1) is 19.8. The fraction of sp³-hybridized carbons (Fsp3) is 0.333. The standard InChI is InChI=1S/C21H22ClNO3S/c1-2-26-21(25)18-14-27-20(16-10-6-7-11-17(16)22)23(18)19(24)13-12-15-8-4-3-5-9-15/h3-11,18,20H,2,12-14H2,1H3. The van der Waals surface area contributed by atoms with E-state index in [9.17, 15) is 9.59 Å². The fourth-order valence-electron chi connectivity index (χ4n) is 3.17. The zero-order valence-corrected chi connectivity index (χ0v) is 16.7.